The Balaban J connectivity index is 1.94. The van der Waals surface area contributed by atoms with Crippen molar-refractivity contribution in [3.8, 4) is 0 Å². The Morgan fingerprint density at radius 1 is 1.18 bits per heavy atom. The molecule has 1 fully saturated rings. The molecule has 1 aliphatic rings. The van der Waals surface area contributed by atoms with Crippen LogP contribution in [0.4, 0.5) is 0 Å². The highest BCUT2D eigenvalue weighted by molar-refractivity contribution is 7.89. The summed E-state index contributed by atoms with van der Waals surface area (Å²) in [5.41, 5.74) is 6.23. The second-order valence-electron chi connectivity index (χ2n) is 5.42. The third-order valence-corrected chi connectivity index (χ3v) is 5.64. The molecule has 0 unspecified atom stereocenters. The van der Waals surface area contributed by atoms with Crippen LogP contribution in [-0.2, 0) is 21.4 Å². The fourth-order valence-electron chi connectivity index (χ4n) is 2.41. The number of hydrogen-bond donors (Lipinski definition) is 2. The topological polar surface area (TPSA) is 92.5 Å². The quantitative estimate of drug-likeness (QED) is 0.776. The minimum atomic E-state index is -3.37. The number of nitrogens with zero attached hydrogens (tertiary/aromatic N) is 1. The molecule has 1 aromatic carbocycles. The Hall–Kier alpha value is -1.44. The van der Waals surface area contributed by atoms with E-state index < -0.39 is 10.0 Å². The fourth-order valence-corrected chi connectivity index (χ4v) is 3.93. The van der Waals surface area contributed by atoms with E-state index in [1.165, 1.54) is 4.31 Å². The number of rotatable bonds is 7. The zero-order chi connectivity index (χ0) is 16.0. The van der Waals surface area contributed by atoms with E-state index in [2.05, 4.69) is 5.32 Å². The largest absolute Gasteiger partial charge is 0.352 e. The number of nitrogens with one attached hydrogen (secondary N) is 1. The highest BCUT2D eigenvalue weighted by Crippen LogP contribution is 2.21. The molecule has 0 spiro atoms. The van der Waals surface area contributed by atoms with Crippen molar-refractivity contribution in [3.63, 3.8) is 0 Å². The number of sulfonamides is 1. The lowest BCUT2D eigenvalue weighted by Gasteiger charge is -2.15. The first-order valence-electron chi connectivity index (χ1n) is 7.60. The lowest BCUT2D eigenvalue weighted by molar-refractivity contribution is -0.121. The Kier molecular flexibility index (Phi) is 5.93. The van der Waals surface area contributed by atoms with Gasteiger partial charge in [-0.3, -0.25) is 4.79 Å². The molecule has 1 amide bonds. The van der Waals surface area contributed by atoms with Crippen molar-refractivity contribution < 1.29 is 13.2 Å². The Bertz CT molecular complexity index is 593. The van der Waals surface area contributed by atoms with Crippen molar-refractivity contribution in [2.75, 3.05) is 19.6 Å². The van der Waals surface area contributed by atoms with Gasteiger partial charge in [0.05, 0.1) is 4.90 Å². The van der Waals surface area contributed by atoms with Crippen LogP contribution >= 0.6 is 0 Å². The van der Waals surface area contributed by atoms with Gasteiger partial charge in [-0.05, 0) is 43.5 Å². The first kappa shape index (κ1) is 16.9. The number of carbonyl (C=O) groups excluding carboxylic acids is 1. The summed E-state index contributed by atoms with van der Waals surface area (Å²) >= 11 is 0. The minimum absolute atomic E-state index is 0.0424. The summed E-state index contributed by atoms with van der Waals surface area (Å²) in [6, 6.07) is 6.70. The van der Waals surface area contributed by atoms with Gasteiger partial charge in [0.25, 0.3) is 0 Å². The maximum absolute atomic E-state index is 12.4. The lowest BCUT2D eigenvalue weighted by atomic mass is 10.2. The van der Waals surface area contributed by atoms with Crippen LogP contribution in [0.15, 0.2) is 29.2 Å². The van der Waals surface area contributed by atoms with E-state index in [-0.39, 0.29) is 5.91 Å². The van der Waals surface area contributed by atoms with Crippen LogP contribution in [0.25, 0.3) is 0 Å². The summed E-state index contributed by atoms with van der Waals surface area (Å²) in [5.74, 6) is -0.0424. The third-order valence-electron chi connectivity index (χ3n) is 3.72. The Labute approximate surface area is 131 Å². The van der Waals surface area contributed by atoms with E-state index in [1.807, 2.05) is 0 Å². The first-order valence-corrected chi connectivity index (χ1v) is 9.04. The van der Waals surface area contributed by atoms with Crippen molar-refractivity contribution >= 4 is 15.9 Å². The number of benzene rings is 1. The van der Waals surface area contributed by atoms with Gasteiger partial charge < -0.3 is 11.1 Å². The van der Waals surface area contributed by atoms with Gasteiger partial charge in [-0.2, -0.15) is 4.31 Å². The number of nitrogens with two attached hydrogens (primary N) is 1. The molecule has 0 radical (unpaired) electrons. The van der Waals surface area contributed by atoms with Gasteiger partial charge >= 0.3 is 0 Å². The number of amides is 1. The first-order chi connectivity index (χ1) is 10.5. The molecule has 0 aromatic heterocycles. The lowest BCUT2D eigenvalue weighted by Crippen LogP contribution is -2.28. The summed E-state index contributed by atoms with van der Waals surface area (Å²) in [6.45, 7) is 2.09. The summed E-state index contributed by atoms with van der Waals surface area (Å²) < 4.78 is 26.3. The summed E-state index contributed by atoms with van der Waals surface area (Å²) in [4.78, 5) is 11.8. The predicted molar refractivity (Wildman–Crippen MR) is 84.6 cm³/mol. The van der Waals surface area contributed by atoms with Gasteiger partial charge in [0.15, 0.2) is 0 Å². The molecule has 0 aliphatic carbocycles. The number of carbonyl (C=O) groups is 1. The van der Waals surface area contributed by atoms with Crippen LogP contribution in [0.3, 0.4) is 0 Å². The fraction of sp³-hybridized carbons (Fsp3) is 0.533. The second-order valence-corrected chi connectivity index (χ2v) is 7.36. The molecule has 0 bridgehead atoms. The van der Waals surface area contributed by atoms with Crippen LogP contribution < -0.4 is 11.1 Å². The predicted octanol–water partition coefficient (Wildman–Crippen LogP) is 0.826. The van der Waals surface area contributed by atoms with Crippen molar-refractivity contribution in [2.24, 2.45) is 5.73 Å². The number of hydrogen-bond acceptors (Lipinski definition) is 4. The summed E-state index contributed by atoms with van der Waals surface area (Å²) in [5, 5.41) is 2.79. The molecule has 1 saturated heterocycles. The molecule has 6 nitrogen and oxygen atoms in total. The van der Waals surface area contributed by atoms with E-state index in [4.69, 9.17) is 5.73 Å². The van der Waals surface area contributed by atoms with E-state index in [0.29, 0.717) is 43.9 Å². The van der Waals surface area contributed by atoms with Crippen molar-refractivity contribution in [3.05, 3.63) is 29.8 Å². The van der Waals surface area contributed by atoms with E-state index in [9.17, 15) is 13.2 Å². The summed E-state index contributed by atoms with van der Waals surface area (Å²) in [6.07, 6.45) is 2.93. The highest BCUT2D eigenvalue weighted by Gasteiger charge is 2.26. The summed E-state index contributed by atoms with van der Waals surface area (Å²) in [7, 11) is -3.37. The van der Waals surface area contributed by atoms with Gasteiger partial charge in [0, 0.05) is 26.1 Å². The van der Waals surface area contributed by atoms with Crippen LogP contribution in [0.2, 0.25) is 0 Å². The maximum Gasteiger partial charge on any atom is 0.243 e. The van der Waals surface area contributed by atoms with E-state index in [0.717, 1.165) is 18.4 Å². The Morgan fingerprint density at radius 3 is 2.41 bits per heavy atom. The normalized spacial score (nSPS) is 15.9. The van der Waals surface area contributed by atoms with Gasteiger partial charge in [0.2, 0.25) is 15.9 Å². The second kappa shape index (κ2) is 7.71. The molecule has 1 heterocycles. The molecular weight excluding hydrogens is 302 g/mol. The minimum Gasteiger partial charge on any atom is -0.352 e. The average molecular weight is 325 g/mol. The third kappa shape index (κ3) is 4.28. The van der Waals surface area contributed by atoms with Crippen LogP contribution in [0, 0.1) is 0 Å². The maximum atomic E-state index is 12.4. The van der Waals surface area contributed by atoms with Crippen LogP contribution in [0.5, 0.6) is 0 Å². The molecule has 2 rings (SSSR count). The molecule has 1 aromatic rings. The molecule has 1 aliphatic heterocycles. The van der Waals surface area contributed by atoms with E-state index >= 15 is 0 Å². The van der Waals surface area contributed by atoms with Gasteiger partial charge in [-0.1, -0.05) is 12.1 Å². The monoisotopic (exact) mass is 325 g/mol. The molecule has 122 valence electrons. The van der Waals surface area contributed by atoms with Gasteiger partial charge in [-0.25, -0.2) is 8.42 Å². The van der Waals surface area contributed by atoms with Crippen molar-refractivity contribution in [1.82, 2.24) is 9.62 Å². The van der Waals surface area contributed by atoms with Gasteiger partial charge in [0.1, 0.15) is 0 Å². The van der Waals surface area contributed by atoms with E-state index in [1.54, 1.807) is 24.3 Å². The standard InChI is InChI=1S/C15H23N3O3S/c16-9-3-4-15(19)17-12-13-5-7-14(8-6-13)22(20,21)18-10-1-2-11-18/h5-8H,1-4,9-12,16H2,(H,17,19). The molecule has 22 heavy (non-hydrogen) atoms. The molecule has 0 atom stereocenters. The SMILES string of the molecule is NCCCC(=O)NCc1ccc(S(=O)(=O)N2CCCC2)cc1. The van der Waals surface area contributed by atoms with Crippen LogP contribution in [0.1, 0.15) is 31.2 Å². The zero-order valence-electron chi connectivity index (χ0n) is 12.6. The van der Waals surface area contributed by atoms with Crippen LogP contribution in [-0.4, -0.2) is 38.3 Å². The van der Waals surface area contributed by atoms with Crippen molar-refractivity contribution in [2.45, 2.75) is 37.1 Å². The molecule has 0 saturated carbocycles. The Morgan fingerprint density at radius 2 is 1.82 bits per heavy atom. The zero-order valence-corrected chi connectivity index (χ0v) is 13.4. The molecular formula is C15H23N3O3S. The average Bonchev–Trinajstić information content (AvgIpc) is 3.06. The highest BCUT2D eigenvalue weighted by atomic mass is 32.2. The molecule has 7 heteroatoms. The smallest absolute Gasteiger partial charge is 0.243 e. The van der Waals surface area contributed by atoms with Gasteiger partial charge in [-0.15, -0.1) is 0 Å². The van der Waals surface area contributed by atoms with Crippen molar-refractivity contribution in [1.29, 1.82) is 0 Å². The molecule has 3 N–H and O–H groups in total.